The summed E-state index contributed by atoms with van der Waals surface area (Å²) in [6.45, 7) is 4.21. The number of carbonyl (C=O) groups excluding carboxylic acids is 1. The Hall–Kier alpha value is -3.26. The van der Waals surface area contributed by atoms with Crippen LogP contribution in [0.2, 0.25) is 0 Å². The first kappa shape index (κ1) is 21.4. The Kier molecular flexibility index (Phi) is 6.79. The van der Waals surface area contributed by atoms with Crippen LogP contribution in [0, 0.1) is 6.92 Å². The molecule has 0 saturated carbocycles. The van der Waals surface area contributed by atoms with Crippen molar-refractivity contribution in [3.05, 3.63) is 86.6 Å². The zero-order valence-electron chi connectivity index (χ0n) is 16.9. The van der Waals surface area contributed by atoms with Crippen LogP contribution >= 0.6 is 11.8 Å². The molecule has 0 aliphatic rings. The van der Waals surface area contributed by atoms with Crippen molar-refractivity contribution in [1.82, 2.24) is 9.55 Å². The highest BCUT2D eigenvalue weighted by Gasteiger charge is 2.23. The Bertz CT molecular complexity index is 1140. The zero-order valence-corrected chi connectivity index (χ0v) is 17.7. The van der Waals surface area contributed by atoms with Crippen LogP contribution in [0.4, 0.5) is 11.5 Å². The summed E-state index contributed by atoms with van der Waals surface area (Å²) in [5, 5.41) is 0. The summed E-state index contributed by atoms with van der Waals surface area (Å²) in [6, 6.07) is 17.2. The lowest BCUT2D eigenvalue weighted by Crippen LogP contribution is -2.41. The minimum absolute atomic E-state index is 0.00235. The number of nitrogens with one attached hydrogen (secondary N) is 1. The average molecular weight is 425 g/mol. The third-order valence-electron chi connectivity index (χ3n) is 4.67. The van der Waals surface area contributed by atoms with Crippen molar-refractivity contribution < 1.29 is 4.79 Å². The maximum Gasteiger partial charge on any atom is 0.330 e. The van der Waals surface area contributed by atoms with Gasteiger partial charge in [-0.2, -0.15) is 0 Å². The van der Waals surface area contributed by atoms with Crippen molar-refractivity contribution in [1.29, 1.82) is 0 Å². The fourth-order valence-corrected chi connectivity index (χ4v) is 3.85. The number of amides is 1. The van der Waals surface area contributed by atoms with Gasteiger partial charge >= 0.3 is 5.69 Å². The average Bonchev–Trinajstić information content (AvgIpc) is 2.74. The molecule has 3 rings (SSSR count). The number of benzene rings is 2. The highest BCUT2D eigenvalue weighted by atomic mass is 32.2. The van der Waals surface area contributed by atoms with Gasteiger partial charge in [0.1, 0.15) is 5.82 Å². The topological polar surface area (TPSA) is 101 Å². The number of carbonyl (C=O) groups is 1. The van der Waals surface area contributed by atoms with E-state index in [2.05, 4.69) is 4.98 Å². The predicted molar refractivity (Wildman–Crippen MR) is 121 cm³/mol. The van der Waals surface area contributed by atoms with Crippen LogP contribution in [-0.2, 0) is 11.3 Å². The van der Waals surface area contributed by atoms with E-state index in [-0.39, 0.29) is 36.3 Å². The molecule has 7 nitrogen and oxygen atoms in total. The fraction of sp³-hybridized carbons (Fsp3) is 0.227. The highest BCUT2D eigenvalue weighted by Crippen LogP contribution is 2.22. The van der Waals surface area contributed by atoms with Crippen LogP contribution in [-0.4, -0.2) is 27.8 Å². The number of H-pyrrole nitrogens is 1. The van der Waals surface area contributed by atoms with Crippen molar-refractivity contribution in [2.45, 2.75) is 25.3 Å². The Balaban J connectivity index is 1.88. The standard InChI is InChI=1S/C22H24N4O3S/c1-3-25(18(27)14-30-17-11-9-15(2)10-12-17)19-20(23)26(22(29)24-21(19)28)13-16-7-5-4-6-8-16/h4-12H,3,13-14,23H2,1-2H3,(H,24,28,29). The van der Waals surface area contributed by atoms with Crippen molar-refractivity contribution in [3.63, 3.8) is 0 Å². The van der Waals surface area contributed by atoms with Crippen molar-refractivity contribution in [3.8, 4) is 0 Å². The molecule has 8 heteroatoms. The number of aromatic nitrogens is 2. The number of rotatable bonds is 7. The second-order valence-electron chi connectivity index (χ2n) is 6.80. The molecule has 30 heavy (non-hydrogen) atoms. The van der Waals surface area contributed by atoms with Gasteiger partial charge in [0.2, 0.25) is 5.91 Å². The maximum absolute atomic E-state index is 12.9. The molecular weight excluding hydrogens is 400 g/mol. The molecule has 3 aromatic rings. The molecule has 0 bridgehead atoms. The third-order valence-corrected chi connectivity index (χ3v) is 5.66. The van der Waals surface area contributed by atoms with Crippen LogP contribution in [0.5, 0.6) is 0 Å². The van der Waals surface area contributed by atoms with Gasteiger partial charge in [0, 0.05) is 11.4 Å². The molecule has 1 amide bonds. The Morgan fingerprint density at radius 2 is 1.77 bits per heavy atom. The lowest BCUT2D eigenvalue weighted by molar-refractivity contribution is -0.116. The molecule has 1 heterocycles. The number of aryl methyl sites for hydroxylation is 1. The molecule has 0 atom stereocenters. The summed E-state index contributed by atoms with van der Waals surface area (Å²) in [6.07, 6.45) is 0. The van der Waals surface area contributed by atoms with E-state index in [0.717, 1.165) is 16.0 Å². The lowest BCUT2D eigenvalue weighted by Gasteiger charge is -2.23. The van der Waals surface area contributed by atoms with Crippen molar-refractivity contribution in [2.75, 3.05) is 22.9 Å². The summed E-state index contributed by atoms with van der Waals surface area (Å²) in [7, 11) is 0. The number of thioether (sulfide) groups is 1. The van der Waals surface area contributed by atoms with Gasteiger partial charge < -0.3 is 10.6 Å². The van der Waals surface area contributed by atoms with Crippen LogP contribution in [0.1, 0.15) is 18.1 Å². The number of hydrogen-bond acceptors (Lipinski definition) is 5. The summed E-state index contributed by atoms with van der Waals surface area (Å²) < 4.78 is 1.27. The Labute approximate surface area is 178 Å². The molecule has 0 fully saturated rings. The van der Waals surface area contributed by atoms with Gasteiger partial charge in [0.05, 0.1) is 12.3 Å². The van der Waals surface area contributed by atoms with E-state index in [1.165, 1.54) is 21.2 Å². The smallest absolute Gasteiger partial charge is 0.330 e. The molecule has 0 aliphatic heterocycles. The van der Waals surface area contributed by atoms with E-state index in [4.69, 9.17) is 5.73 Å². The summed E-state index contributed by atoms with van der Waals surface area (Å²) >= 11 is 1.38. The summed E-state index contributed by atoms with van der Waals surface area (Å²) in [5.41, 5.74) is 6.93. The predicted octanol–water partition coefficient (Wildman–Crippen LogP) is 2.62. The zero-order chi connectivity index (χ0) is 21.7. The highest BCUT2D eigenvalue weighted by molar-refractivity contribution is 8.00. The van der Waals surface area contributed by atoms with Gasteiger partial charge in [-0.3, -0.25) is 19.1 Å². The van der Waals surface area contributed by atoms with Gasteiger partial charge in [-0.05, 0) is 31.5 Å². The molecular formula is C22H24N4O3S. The Morgan fingerprint density at radius 3 is 2.40 bits per heavy atom. The van der Waals surface area contributed by atoms with Gasteiger partial charge in [-0.15, -0.1) is 11.8 Å². The second kappa shape index (κ2) is 9.49. The van der Waals surface area contributed by atoms with Crippen molar-refractivity contribution in [2.24, 2.45) is 0 Å². The molecule has 0 radical (unpaired) electrons. The van der Waals surface area contributed by atoms with Gasteiger partial charge in [-0.25, -0.2) is 4.79 Å². The molecule has 0 spiro atoms. The minimum Gasteiger partial charge on any atom is -0.383 e. The van der Waals surface area contributed by atoms with E-state index in [1.807, 2.05) is 61.5 Å². The second-order valence-corrected chi connectivity index (χ2v) is 7.85. The van der Waals surface area contributed by atoms with E-state index in [0.29, 0.717) is 0 Å². The normalized spacial score (nSPS) is 10.7. The maximum atomic E-state index is 12.9. The monoisotopic (exact) mass is 424 g/mol. The number of nitrogens with two attached hydrogens (primary N) is 1. The van der Waals surface area contributed by atoms with E-state index >= 15 is 0 Å². The number of nitrogen functional groups attached to an aromatic ring is 1. The number of anilines is 2. The van der Waals surface area contributed by atoms with Gasteiger partial charge in [-0.1, -0.05) is 48.0 Å². The number of nitrogens with zero attached hydrogens (tertiary/aromatic N) is 2. The van der Waals surface area contributed by atoms with Crippen molar-refractivity contribution >= 4 is 29.2 Å². The third kappa shape index (κ3) is 4.83. The Morgan fingerprint density at radius 1 is 1.10 bits per heavy atom. The van der Waals surface area contributed by atoms with Crippen LogP contribution in [0.3, 0.4) is 0 Å². The first-order valence-electron chi connectivity index (χ1n) is 9.57. The van der Waals surface area contributed by atoms with Gasteiger partial charge in [0.25, 0.3) is 5.56 Å². The first-order chi connectivity index (χ1) is 14.4. The van der Waals surface area contributed by atoms with E-state index < -0.39 is 11.2 Å². The van der Waals surface area contributed by atoms with Crippen LogP contribution in [0.25, 0.3) is 0 Å². The molecule has 0 saturated heterocycles. The number of aromatic amines is 1. The molecule has 2 aromatic carbocycles. The summed E-state index contributed by atoms with van der Waals surface area (Å²) in [5.74, 6) is -0.138. The quantitative estimate of drug-likeness (QED) is 0.568. The van der Waals surface area contributed by atoms with Gasteiger partial charge in [0.15, 0.2) is 5.69 Å². The molecule has 3 N–H and O–H groups in total. The minimum atomic E-state index is -0.669. The molecule has 156 valence electrons. The molecule has 0 aliphatic carbocycles. The van der Waals surface area contributed by atoms with Crippen LogP contribution < -0.4 is 21.9 Å². The van der Waals surface area contributed by atoms with E-state index in [1.54, 1.807) is 6.92 Å². The molecule has 0 unspecified atom stereocenters. The fourth-order valence-electron chi connectivity index (χ4n) is 3.08. The number of hydrogen-bond donors (Lipinski definition) is 2. The summed E-state index contributed by atoms with van der Waals surface area (Å²) in [4.78, 5) is 42.4. The van der Waals surface area contributed by atoms with Crippen LogP contribution in [0.15, 0.2) is 69.1 Å². The molecule has 1 aromatic heterocycles. The lowest BCUT2D eigenvalue weighted by atomic mass is 10.2. The first-order valence-corrected chi connectivity index (χ1v) is 10.6. The SMILES string of the molecule is CCN(C(=O)CSc1ccc(C)cc1)c1c(N)n(Cc2ccccc2)c(=O)[nH]c1=O. The largest absolute Gasteiger partial charge is 0.383 e. The van der Waals surface area contributed by atoms with E-state index in [9.17, 15) is 14.4 Å².